The number of alkyl halides is 7. The number of rotatable bonds is 26. The van der Waals surface area contributed by atoms with E-state index < -0.39 is 149 Å². The fourth-order valence-electron chi connectivity index (χ4n) is 17.9. The number of morpholine rings is 3. The minimum Gasteiger partial charge on any atom is -0.377 e. The Balaban J connectivity index is 0.000000173. The molecule has 3 fully saturated rings. The Morgan fingerprint density at radius 2 is 0.699 bits per heavy atom. The first-order valence-electron chi connectivity index (χ1n) is 44.3. The molecule has 136 heavy (non-hydrogen) atoms. The topological polar surface area (TPSA) is 336 Å². The molecule has 30 nitrogen and oxygen atoms in total. The summed E-state index contributed by atoms with van der Waals surface area (Å²) < 4.78 is 179. The third-order valence-corrected chi connectivity index (χ3v) is 25.2. The lowest BCUT2D eigenvalue weighted by Crippen LogP contribution is -2.53. The van der Waals surface area contributed by atoms with E-state index in [9.17, 15) is 88.3 Å². The van der Waals surface area contributed by atoms with Crippen LogP contribution in [0.1, 0.15) is 138 Å². The van der Waals surface area contributed by atoms with Gasteiger partial charge in [0.15, 0.2) is 17.3 Å². The zero-order valence-corrected chi connectivity index (χ0v) is 76.1. The van der Waals surface area contributed by atoms with Gasteiger partial charge in [0.25, 0.3) is 34.4 Å². The number of Topliss-reactive ketones (excluding diaryl/α,β-unsaturated/α-hetero) is 3. The zero-order chi connectivity index (χ0) is 98.2. The van der Waals surface area contributed by atoms with Crippen molar-refractivity contribution < 1.29 is 101 Å². The van der Waals surface area contributed by atoms with Crippen LogP contribution < -0.4 is 64.4 Å². The Morgan fingerprint density at radius 1 is 0.404 bits per heavy atom. The van der Waals surface area contributed by atoms with Crippen LogP contribution in [0.2, 0.25) is 0 Å². The summed E-state index contributed by atoms with van der Waals surface area (Å²) in [6.07, 6.45) is -8.87. The van der Waals surface area contributed by atoms with Gasteiger partial charge in [0, 0.05) is 113 Å². The highest BCUT2D eigenvalue weighted by Gasteiger charge is 2.46. The Hall–Kier alpha value is -12.8. The number of halogens is 10. The number of nitrogens with zero attached hydrogens (tertiary/aromatic N) is 9. The van der Waals surface area contributed by atoms with Crippen LogP contribution in [-0.4, -0.2) is 197 Å². The van der Waals surface area contributed by atoms with Crippen molar-refractivity contribution in [3.05, 3.63) is 273 Å². The van der Waals surface area contributed by atoms with Crippen molar-refractivity contribution in [1.82, 2.24) is 43.4 Å². The number of anilines is 3. The molecule has 0 radical (unpaired) electrons. The van der Waals surface area contributed by atoms with Crippen molar-refractivity contribution in [2.45, 2.75) is 174 Å². The molecular weight excluding hydrogens is 1800 g/mol. The summed E-state index contributed by atoms with van der Waals surface area (Å²) in [4.78, 5) is 160. The molecule has 3 saturated heterocycles. The van der Waals surface area contributed by atoms with E-state index in [0.29, 0.717) is 155 Å². The smallest absolute Gasteiger partial charge is 0.377 e. The monoisotopic (exact) mass is 1900 g/mol. The van der Waals surface area contributed by atoms with Crippen LogP contribution in [-0.2, 0) is 122 Å². The Kier molecular flexibility index (Phi) is 32.2. The lowest BCUT2D eigenvalue weighted by Gasteiger charge is -2.38. The van der Waals surface area contributed by atoms with Gasteiger partial charge in [-0.25, -0.2) is 58.8 Å². The number of carbonyl (C=O) groups excluding carboxylic acids is 6. The number of carbonyl (C=O) groups is 6. The molecule has 0 bridgehead atoms. The quantitative estimate of drug-likeness (QED) is 0.0426. The number of nitrogens with one attached hydrogen (secondary N) is 3. The molecule has 6 atom stereocenters. The summed E-state index contributed by atoms with van der Waals surface area (Å²) in [5.74, 6) is -6.18. The van der Waals surface area contributed by atoms with Crippen molar-refractivity contribution in [2.75, 3.05) is 93.8 Å². The summed E-state index contributed by atoms with van der Waals surface area (Å²) in [5.41, 5.74) is 3.79. The highest BCUT2D eigenvalue weighted by Crippen LogP contribution is 2.35. The van der Waals surface area contributed by atoms with Crippen LogP contribution in [0.3, 0.4) is 0 Å². The lowest BCUT2D eigenvalue weighted by molar-refractivity contribution is -0.167. The highest BCUT2D eigenvalue weighted by molar-refractivity contribution is 6.01. The standard InChI is InChI=1S/C33H37F3N4O6.C32H35F3N4O6.C31H32F4N4O6/c1-4-28(41)26(14-20-5-7-21(8-6-20)40-32(43)24-18-45-11-9-27(24)38(3)33(40)44)37-31(42)30-19(2)13-22(15-25(30)34)39-10-12-46-17-23(39)16-29(35)36;1-18-12-22(38-9-11-45-16-23(38)15-28(34)35)14-25(33)29(18)30(41)36-26(19(2)40)13-20-4-6-21(7-5-20)39-31(42)24-17-44-10-8-27(24)37(3)32(39)43;1-17-12-21(38-9-11-45-16-26(38)31(33,34)35)14-23(32)27(17)28(41)36-24(18(2)40)13-19-4-6-20(7-5-19)39-29(42)22-15-44-10-8-25(22)37(3)30(39)43/h5-8,13,15,23,26,29H,4,9-12,14,16-18H2,1-3H3,(H,37,42);4-7,12,14,23,26,28H,8-11,13,15-17H2,1-3H3,(H,36,41);4-7,12,14,24,26H,8-11,13,15-16H2,1-3H3,(H,36,41)/t2*23-,26-;24-,26+/m000/s1. The van der Waals surface area contributed by atoms with E-state index in [1.807, 2.05) is 0 Å². The molecule has 6 aliphatic rings. The number of fused-ring (bicyclic) bond motifs is 3. The normalized spacial score (nSPS) is 17.3. The Bertz CT molecular complexity index is 6350. The zero-order valence-electron chi connectivity index (χ0n) is 76.1. The molecule has 15 rings (SSSR count). The second-order valence-electron chi connectivity index (χ2n) is 34.1. The minimum atomic E-state index is -4.60. The maximum absolute atomic E-state index is 15.5. The number of hydrogen-bond donors (Lipinski definition) is 3. The summed E-state index contributed by atoms with van der Waals surface area (Å²) in [6, 6.07) is 20.7. The van der Waals surface area contributed by atoms with Crippen LogP contribution >= 0.6 is 0 Å². The molecule has 3 amide bonds. The number of ether oxygens (including phenoxy) is 6. The van der Waals surface area contributed by atoms with E-state index in [-0.39, 0.29) is 111 Å². The Labute approximate surface area is 772 Å². The largest absolute Gasteiger partial charge is 0.411 e. The molecule has 0 saturated carbocycles. The van der Waals surface area contributed by atoms with Crippen molar-refractivity contribution in [2.24, 2.45) is 21.1 Å². The predicted molar refractivity (Wildman–Crippen MR) is 480 cm³/mol. The van der Waals surface area contributed by atoms with Gasteiger partial charge in [0.1, 0.15) is 23.5 Å². The van der Waals surface area contributed by atoms with Gasteiger partial charge in [-0.15, -0.1) is 0 Å². The van der Waals surface area contributed by atoms with E-state index in [1.54, 1.807) is 137 Å². The molecule has 0 unspecified atom stereocenters. The van der Waals surface area contributed by atoms with E-state index in [4.69, 9.17) is 28.4 Å². The van der Waals surface area contributed by atoms with Gasteiger partial charge >= 0.3 is 23.2 Å². The van der Waals surface area contributed by atoms with Gasteiger partial charge < -0.3 is 59.1 Å². The van der Waals surface area contributed by atoms with Gasteiger partial charge in [-0.1, -0.05) is 43.3 Å². The van der Waals surface area contributed by atoms with Crippen molar-refractivity contribution in [3.63, 3.8) is 0 Å². The molecule has 0 aliphatic carbocycles. The number of aryl methyl sites for hydroxylation is 3. The molecule has 0 spiro atoms. The maximum Gasteiger partial charge on any atom is 0.411 e. The molecule has 3 N–H and O–H groups in total. The SMILES string of the molecule is CC(=O)[C@H](Cc1ccc(-n2c(=O)c3c(n(C)c2=O)CCOC3)cc1)NC(=O)c1c(C)cc(N2CCOC[C@@H]2C(F)(F)F)cc1F.CC(=O)[C@H](Cc1ccc(-n2c(=O)c3c(n(C)c2=O)CCOC3)cc1)NC(=O)c1c(C)cc(N2CCOC[C@@H]2CC(F)F)cc1F.CCC(=O)[C@H](Cc1ccc(-n2c(=O)c3c(n(C)c2=O)CCOC3)cc1)NC(=O)c1c(C)cc(N2CCOC[C@@H]2CC(F)F)cc1F. The van der Waals surface area contributed by atoms with E-state index in [0.717, 1.165) is 36.8 Å². The first kappa shape index (κ1) is 101. The predicted octanol–water partition coefficient (Wildman–Crippen LogP) is 8.84. The fraction of sp³-hybridized carbons (Fsp3) is 0.438. The summed E-state index contributed by atoms with van der Waals surface area (Å²) in [5, 5.41) is 7.83. The second kappa shape index (κ2) is 43.5. The Morgan fingerprint density at radius 3 is 0.993 bits per heavy atom. The van der Waals surface area contributed by atoms with E-state index in [2.05, 4.69) is 16.0 Å². The fourth-order valence-corrected chi connectivity index (χ4v) is 17.9. The first-order chi connectivity index (χ1) is 64.7. The molecule has 3 aromatic heterocycles. The molecule has 40 heteroatoms. The third kappa shape index (κ3) is 22.5. The van der Waals surface area contributed by atoms with Crippen molar-refractivity contribution >= 4 is 52.1 Å². The van der Waals surface area contributed by atoms with Gasteiger partial charge in [-0.3, -0.25) is 56.9 Å². The number of aromatic nitrogens is 6. The van der Waals surface area contributed by atoms with Crippen LogP contribution in [0.25, 0.3) is 17.1 Å². The summed E-state index contributed by atoms with van der Waals surface area (Å²) in [6.45, 7) is 11.1. The average Bonchev–Trinajstić information content (AvgIpc) is 0.761. The second-order valence-corrected chi connectivity index (χ2v) is 34.1. The maximum atomic E-state index is 15.5. The summed E-state index contributed by atoms with van der Waals surface area (Å²) in [7, 11) is 4.82. The van der Waals surface area contributed by atoms with Gasteiger partial charge in [0.05, 0.1) is 160 Å². The van der Waals surface area contributed by atoms with Gasteiger partial charge in [-0.05, 0) is 160 Å². The highest BCUT2D eigenvalue weighted by atomic mass is 19.4. The van der Waals surface area contributed by atoms with Gasteiger partial charge in [-0.2, -0.15) is 13.2 Å². The molecule has 726 valence electrons. The number of hydrogen-bond acceptors (Lipinski definition) is 21. The minimum absolute atomic E-state index is 0.0199. The molecular formula is C96H104F10N12O18. The lowest BCUT2D eigenvalue weighted by atomic mass is 9.99. The number of ketones is 3. The van der Waals surface area contributed by atoms with Crippen LogP contribution in [0, 0.1) is 38.2 Å². The van der Waals surface area contributed by atoms with Gasteiger partial charge in [0.2, 0.25) is 12.9 Å². The first-order valence-corrected chi connectivity index (χ1v) is 44.3. The molecule has 9 heterocycles. The van der Waals surface area contributed by atoms with Crippen molar-refractivity contribution in [3.8, 4) is 17.1 Å². The number of amides is 3. The van der Waals surface area contributed by atoms with E-state index in [1.165, 1.54) is 40.5 Å². The van der Waals surface area contributed by atoms with E-state index >= 15 is 13.2 Å². The number of benzene rings is 6. The summed E-state index contributed by atoms with van der Waals surface area (Å²) >= 11 is 0. The third-order valence-electron chi connectivity index (χ3n) is 25.2. The van der Waals surface area contributed by atoms with Crippen LogP contribution in [0.4, 0.5) is 61.0 Å². The van der Waals surface area contributed by atoms with Crippen LogP contribution in [0.15, 0.2) is 138 Å². The average molecular weight is 1900 g/mol. The molecule has 9 aromatic rings. The molecule has 6 aliphatic heterocycles. The van der Waals surface area contributed by atoms with Crippen molar-refractivity contribution in [1.29, 1.82) is 0 Å². The van der Waals surface area contributed by atoms with Crippen LogP contribution in [0.5, 0.6) is 0 Å². The molecule has 6 aromatic carbocycles.